The predicted molar refractivity (Wildman–Crippen MR) is 214 cm³/mol. The van der Waals surface area contributed by atoms with Crippen LogP contribution in [0.5, 0.6) is 5.75 Å². The number of rotatable bonds is 22. The highest BCUT2D eigenvalue weighted by molar-refractivity contribution is 6.29. The molecule has 2 saturated heterocycles. The van der Waals surface area contributed by atoms with Crippen molar-refractivity contribution >= 4 is 52.8 Å². The number of aromatic hydroxyl groups is 1. The van der Waals surface area contributed by atoms with E-state index in [0.717, 1.165) is 6.92 Å². The maximum Gasteiger partial charge on any atom is 0.339 e. The number of aliphatic carboxylic acids is 1. The van der Waals surface area contributed by atoms with Crippen LogP contribution in [0.15, 0.2) is 29.3 Å². The van der Waals surface area contributed by atoms with Gasteiger partial charge in [-0.3, -0.25) is 43.5 Å². The number of imide groups is 1. The highest BCUT2D eigenvalue weighted by atomic mass is 16.4. The van der Waals surface area contributed by atoms with Crippen molar-refractivity contribution in [1.82, 2.24) is 15.5 Å². The molecule has 59 heavy (non-hydrogen) atoms. The Bertz CT molecular complexity index is 1770. The summed E-state index contributed by atoms with van der Waals surface area (Å²) in [6.45, 7) is 3.32. The van der Waals surface area contributed by atoms with Gasteiger partial charge in [0, 0.05) is 6.42 Å². The van der Waals surface area contributed by atoms with Crippen LogP contribution in [0.1, 0.15) is 64.9 Å². The van der Waals surface area contributed by atoms with E-state index in [9.17, 15) is 24.6 Å². The van der Waals surface area contributed by atoms with Crippen molar-refractivity contribution in [2.75, 3.05) is 19.6 Å². The molecule has 0 saturated carbocycles. The van der Waals surface area contributed by atoms with Gasteiger partial charge in [0.15, 0.2) is 29.1 Å². The van der Waals surface area contributed by atoms with E-state index in [1.807, 2.05) is 0 Å². The third-order valence-corrected chi connectivity index (χ3v) is 11.1. The number of phenols is 1. The van der Waals surface area contributed by atoms with Gasteiger partial charge in [0.2, 0.25) is 23.3 Å². The second kappa shape index (κ2) is 20.2. The highest BCUT2D eigenvalue weighted by Gasteiger charge is 2.79. The molecule has 2 heterocycles. The number of guanidine groups is 1. The number of aliphatic imine (C=N–C) groups is 1. The number of amides is 3. The van der Waals surface area contributed by atoms with E-state index in [1.54, 1.807) is 0 Å². The van der Waals surface area contributed by atoms with Gasteiger partial charge in [-0.15, -0.1) is 0 Å². The van der Waals surface area contributed by atoms with Gasteiger partial charge in [-0.05, 0) is 82.2 Å². The molecule has 18 N–H and O–H groups in total. The summed E-state index contributed by atoms with van der Waals surface area (Å²) in [5.74, 6) is -16.5. The Morgan fingerprint density at radius 1 is 0.847 bits per heavy atom. The smallest absolute Gasteiger partial charge is 0.339 e. The molecule has 0 radical (unpaired) electrons. The molecule has 1 aromatic carbocycles. The topological polar surface area (TPSA) is 399 Å². The van der Waals surface area contributed by atoms with Gasteiger partial charge in [0.1, 0.15) is 11.2 Å². The van der Waals surface area contributed by atoms with Crippen LogP contribution in [0.2, 0.25) is 0 Å². The molecule has 3 rings (SSSR count). The van der Waals surface area contributed by atoms with Crippen LogP contribution in [0, 0.1) is 17.3 Å². The van der Waals surface area contributed by atoms with E-state index in [4.69, 9.17) is 40.1 Å². The minimum atomic E-state index is -4.09. The van der Waals surface area contributed by atoms with E-state index in [0.29, 0.717) is 6.42 Å². The number of nitrogens with one attached hydrogen (secondary N) is 2. The van der Waals surface area contributed by atoms with E-state index in [1.165, 1.54) is 38.1 Å². The van der Waals surface area contributed by atoms with E-state index < -0.39 is 138 Å². The molecule has 326 valence electrons. The molecular weight excluding hydrogens is 770 g/mol. The molecule has 2 aliphatic heterocycles. The van der Waals surface area contributed by atoms with Crippen molar-refractivity contribution in [3.05, 3.63) is 29.8 Å². The number of carboxylic acid groups (broad SMARTS) is 1. The zero-order valence-electron chi connectivity index (χ0n) is 33.6. The Morgan fingerprint density at radius 2 is 1.41 bits per heavy atom. The summed E-state index contributed by atoms with van der Waals surface area (Å²) in [5, 5.41) is 27.7. The van der Waals surface area contributed by atoms with Gasteiger partial charge in [-0.25, -0.2) is 4.79 Å². The number of carboxylic acids is 1. The van der Waals surface area contributed by atoms with Gasteiger partial charge in [0.25, 0.3) is 0 Å². The van der Waals surface area contributed by atoms with Crippen molar-refractivity contribution in [1.29, 1.82) is 0 Å². The maximum atomic E-state index is 15.9. The minimum absolute atomic E-state index is 0.0244. The molecular formula is C38H59N11O10. The van der Waals surface area contributed by atoms with Crippen LogP contribution in [-0.2, 0) is 44.8 Å². The van der Waals surface area contributed by atoms with Gasteiger partial charge in [-0.1, -0.05) is 26.0 Å². The number of hydrogen-bond acceptors (Lipinski definition) is 16. The summed E-state index contributed by atoms with van der Waals surface area (Å²) in [7, 11) is 0. The third-order valence-electron chi connectivity index (χ3n) is 11.1. The average molecular weight is 830 g/mol. The number of carbonyl (C=O) groups is 8. The summed E-state index contributed by atoms with van der Waals surface area (Å²) >= 11 is 0. The fourth-order valence-corrected chi connectivity index (χ4v) is 7.95. The van der Waals surface area contributed by atoms with Crippen molar-refractivity contribution in [3.8, 4) is 5.75 Å². The Hall–Kier alpha value is -5.19. The van der Waals surface area contributed by atoms with Crippen molar-refractivity contribution in [3.63, 3.8) is 0 Å². The summed E-state index contributed by atoms with van der Waals surface area (Å²) in [5.41, 5.74) is 35.0. The number of ketones is 4. The fraction of sp³-hybridized carbons (Fsp3) is 0.605. The molecule has 2 fully saturated rings. The summed E-state index contributed by atoms with van der Waals surface area (Å²) < 4.78 is 0. The first-order valence-electron chi connectivity index (χ1n) is 19.5. The Balaban J connectivity index is 2.81. The number of hydrogen-bond donors (Lipinski definition) is 11. The van der Waals surface area contributed by atoms with Crippen molar-refractivity contribution in [2.45, 2.75) is 108 Å². The monoisotopic (exact) mass is 829 g/mol. The first kappa shape index (κ1) is 48.2. The average Bonchev–Trinajstić information content (AvgIpc) is 3.93. The van der Waals surface area contributed by atoms with Crippen LogP contribution in [0.3, 0.4) is 0 Å². The van der Waals surface area contributed by atoms with Gasteiger partial charge in [-0.2, -0.15) is 0 Å². The number of Topliss-reactive ketones (excluding diaryl/α,β-unsaturated/α-hetero) is 4. The lowest BCUT2D eigenvalue weighted by Gasteiger charge is -2.54. The SMILES string of the molecule is CC(N)C(=O)C(CN=C(N)N)C(C(=O)C1CCCN1)(C(=O)C(N)C(C)C)C(C(=O)O)(C(=O)C(N)Cc1ccc(O)cc1)N(C(=O)C(N)CCC(N)=O)C(=O)C1CCCN1. The second-order valence-electron chi connectivity index (χ2n) is 15.6. The van der Waals surface area contributed by atoms with Crippen molar-refractivity contribution < 1.29 is 48.6 Å². The summed E-state index contributed by atoms with van der Waals surface area (Å²) in [6, 6.07) is -5.25. The lowest BCUT2D eigenvalue weighted by Crippen LogP contribution is -2.84. The molecule has 0 bridgehead atoms. The van der Waals surface area contributed by atoms with E-state index >= 15 is 24.0 Å². The quantitative estimate of drug-likeness (QED) is 0.0301. The van der Waals surface area contributed by atoms with E-state index in [-0.39, 0.29) is 48.6 Å². The molecule has 9 unspecified atom stereocenters. The Labute approximate surface area is 341 Å². The number of nitrogens with two attached hydrogens (primary N) is 7. The molecule has 21 nitrogen and oxygen atoms in total. The van der Waals surface area contributed by atoms with Crippen LogP contribution >= 0.6 is 0 Å². The normalized spacial score (nSPS) is 21.2. The lowest BCUT2D eigenvalue weighted by molar-refractivity contribution is -0.192. The molecule has 3 amide bonds. The summed E-state index contributed by atoms with van der Waals surface area (Å²) in [6.07, 6.45) is -1.20. The zero-order chi connectivity index (χ0) is 44.6. The number of benzene rings is 1. The van der Waals surface area contributed by atoms with Gasteiger partial charge in [0.05, 0.1) is 48.7 Å². The van der Waals surface area contributed by atoms with Crippen LogP contribution in [0.4, 0.5) is 0 Å². The molecule has 0 spiro atoms. The third kappa shape index (κ3) is 9.82. The van der Waals surface area contributed by atoms with Crippen LogP contribution in [0.25, 0.3) is 0 Å². The second-order valence-corrected chi connectivity index (χ2v) is 15.6. The number of nitrogens with zero attached hydrogens (tertiary/aromatic N) is 2. The first-order valence-corrected chi connectivity index (χ1v) is 19.5. The van der Waals surface area contributed by atoms with Gasteiger partial charge >= 0.3 is 5.97 Å². The number of primary amides is 1. The van der Waals surface area contributed by atoms with Crippen molar-refractivity contribution in [2.24, 2.45) is 62.4 Å². The summed E-state index contributed by atoms with van der Waals surface area (Å²) in [4.78, 5) is 123. The molecule has 9 atom stereocenters. The largest absolute Gasteiger partial charge is 0.508 e. The number of phenolic OH excluding ortho intramolecular Hbond substituents is 1. The lowest BCUT2D eigenvalue weighted by atomic mass is 9.50. The zero-order valence-corrected chi connectivity index (χ0v) is 33.6. The molecule has 0 aliphatic carbocycles. The number of carbonyl (C=O) groups excluding carboxylic acids is 7. The Morgan fingerprint density at radius 3 is 1.86 bits per heavy atom. The van der Waals surface area contributed by atoms with Gasteiger partial charge < -0.3 is 61.0 Å². The maximum absolute atomic E-state index is 15.9. The standard InChI is InChI=1S/C38H59N11O10/c1-18(2)28(43)32(55)37(31(54)25-6-4-14-46-25,22(17-48-36(44)45)29(52)19(3)39)38(35(58)59,30(53)24(41)16-20-8-10-21(50)11-9-20)49(34(57)26-7-5-15-47-26)33(56)23(40)12-13-27(42)51/h8-11,18-19,22-26,28,46-47,50H,4-7,12-17,39-41,43H2,1-3H3,(H2,42,51)(H,58,59)(H4,44,45,48). The molecule has 21 heteroatoms. The van der Waals surface area contributed by atoms with Crippen LogP contribution in [-0.4, -0.2) is 129 Å². The molecule has 0 aromatic heterocycles. The Kier molecular flexibility index (Phi) is 16.5. The van der Waals surface area contributed by atoms with E-state index in [2.05, 4.69) is 15.6 Å². The molecule has 2 aliphatic rings. The fourth-order valence-electron chi connectivity index (χ4n) is 7.95. The van der Waals surface area contributed by atoms with Crippen LogP contribution < -0.4 is 50.8 Å². The predicted octanol–water partition coefficient (Wildman–Crippen LogP) is -3.98. The first-order chi connectivity index (χ1) is 27.6. The highest BCUT2D eigenvalue weighted by Crippen LogP contribution is 2.51. The minimum Gasteiger partial charge on any atom is -0.508 e. The molecule has 1 aromatic rings.